The molecule has 0 unspecified atom stereocenters. The van der Waals surface area contributed by atoms with E-state index >= 15 is 0 Å². The van der Waals surface area contributed by atoms with Crippen LogP contribution in [0.2, 0.25) is 0 Å². The van der Waals surface area contributed by atoms with E-state index in [-0.39, 0.29) is 12.3 Å². The SMILES string of the molecule is CCCNCc1ccc(OCCC(N)=O)cc1. The highest BCUT2D eigenvalue weighted by Gasteiger charge is 1.97. The molecular weight excluding hydrogens is 216 g/mol. The van der Waals surface area contributed by atoms with E-state index in [4.69, 9.17) is 10.5 Å². The van der Waals surface area contributed by atoms with Gasteiger partial charge in [0, 0.05) is 6.54 Å². The Morgan fingerprint density at radius 3 is 2.65 bits per heavy atom. The number of amides is 1. The molecule has 1 aromatic rings. The van der Waals surface area contributed by atoms with Crippen LogP contribution in [0.5, 0.6) is 5.75 Å². The molecule has 4 heteroatoms. The number of ether oxygens (including phenoxy) is 1. The van der Waals surface area contributed by atoms with E-state index < -0.39 is 0 Å². The monoisotopic (exact) mass is 236 g/mol. The second-order valence-electron chi connectivity index (χ2n) is 3.89. The first-order valence-corrected chi connectivity index (χ1v) is 5.93. The Labute approximate surface area is 102 Å². The summed E-state index contributed by atoms with van der Waals surface area (Å²) in [5.41, 5.74) is 6.24. The zero-order valence-electron chi connectivity index (χ0n) is 10.2. The molecule has 0 aliphatic heterocycles. The van der Waals surface area contributed by atoms with Crippen LogP contribution in [0.3, 0.4) is 0 Å². The molecule has 1 rings (SSSR count). The summed E-state index contributed by atoms with van der Waals surface area (Å²) in [6, 6.07) is 7.85. The van der Waals surface area contributed by atoms with E-state index in [1.165, 1.54) is 5.56 Å². The van der Waals surface area contributed by atoms with Gasteiger partial charge in [-0.1, -0.05) is 19.1 Å². The first kappa shape index (κ1) is 13.5. The van der Waals surface area contributed by atoms with Crippen LogP contribution < -0.4 is 15.8 Å². The average Bonchev–Trinajstić information content (AvgIpc) is 2.31. The quantitative estimate of drug-likeness (QED) is 0.671. The summed E-state index contributed by atoms with van der Waals surface area (Å²) in [7, 11) is 0. The summed E-state index contributed by atoms with van der Waals surface area (Å²) in [6.45, 7) is 4.37. The van der Waals surface area contributed by atoms with Crippen molar-refractivity contribution >= 4 is 5.91 Å². The molecule has 0 aliphatic rings. The number of nitrogens with one attached hydrogen (secondary N) is 1. The van der Waals surface area contributed by atoms with Crippen molar-refractivity contribution in [3.63, 3.8) is 0 Å². The number of rotatable bonds is 8. The van der Waals surface area contributed by atoms with Crippen LogP contribution >= 0.6 is 0 Å². The normalized spacial score (nSPS) is 10.2. The molecule has 17 heavy (non-hydrogen) atoms. The van der Waals surface area contributed by atoms with Gasteiger partial charge in [0.15, 0.2) is 0 Å². The number of primary amides is 1. The second kappa shape index (κ2) is 7.68. The average molecular weight is 236 g/mol. The van der Waals surface area contributed by atoms with Crippen LogP contribution in [0.1, 0.15) is 25.3 Å². The third kappa shape index (κ3) is 5.92. The lowest BCUT2D eigenvalue weighted by molar-refractivity contribution is -0.118. The Balaban J connectivity index is 2.31. The van der Waals surface area contributed by atoms with Crippen molar-refractivity contribution in [1.29, 1.82) is 0 Å². The summed E-state index contributed by atoms with van der Waals surface area (Å²) in [5, 5.41) is 3.33. The minimum atomic E-state index is -0.342. The maximum Gasteiger partial charge on any atom is 0.220 e. The maximum absolute atomic E-state index is 10.5. The van der Waals surface area contributed by atoms with E-state index in [1.807, 2.05) is 24.3 Å². The Morgan fingerprint density at radius 1 is 1.35 bits per heavy atom. The van der Waals surface area contributed by atoms with Crippen molar-refractivity contribution in [3.8, 4) is 5.75 Å². The van der Waals surface area contributed by atoms with Gasteiger partial charge in [-0.25, -0.2) is 0 Å². The second-order valence-corrected chi connectivity index (χ2v) is 3.89. The molecule has 4 nitrogen and oxygen atoms in total. The zero-order valence-corrected chi connectivity index (χ0v) is 10.2. The minimum absolute atomic E-state index is 0.250. The smallest absolute Gasteiger partial charge is 0.220 e. The predicted molar refractivity (Wildman–Crippen MR) is 67.7 cm³/mol. The molecule has 0 spiro atoms. The molecule has 0 fully saturated rings. The molecule has 0 heterocycles. The number of hydrogen-bond donors (Lipinski definition) is 2. The van der Waals surface area contributed by atoms with Crippen LogP contribution in [0, 0.1) is 0 Å². The third-order valence-corrected chi connectivity index (χ3v) is 2.30. The lowest BCUT2D eigenvalue weighted by Crippen LogP contribution is -2.15. The molecule has 0 aliphatic carbocycles. The lowest BCUT2D eigenvalue weighted by atomic mass is 10.2. The number of hydrogen-bond acceptors (Lipinski definition) is 3. The largest absolute Gasteiger partial charge is 0.493 e. The molecule has 1 amide bonds. The van der Waals surface area contributed by atoms with Crippen LogP contribution in [0.4, 0.5) is 0 Å². The third-order valence-electron chi connectivity index (χ3n) is 2.30. The maximum atomic E-state index is 10.5. The fraction of sp³-hybridized carbons (Fsp3) is 0.462. The molecule has 0 saturated heterocycles. The summed E-state index contributed by atoms with van der Waals surface area (Å²) in [4.78, 5) is 10.5. The molecular formula is C13H20N2O2. The molecule has 0 aromatic heterocycles. The Morgan fingerprint density at radius 2 is 2.06 bits per heavy atom. The summed E-state index contributed by atoms with van der Waals surface area (Å²) < 4.78 is 5.38. The molecule has 94 valence electrons. The number of carbonyl (C=O) groups excluding carboxylic acids is 1. The predicted octanol–water partition coefficient (Wildman–Crippen LogP) is 1.44. The fourth-order valence-corrected chi connectivity index (χ4v) is 1.38. The number of carbonyl (C=O) groups is 1. The first-order valence-electron chi connectivity index (χ1n) is 5.93. The summed E-state index contributed by atoms with van der Waals surface area (Å²) >= 11 is 0. The van der Waals surface area contributed by atoms with Gasteiger partial charge in [-0.3, -0.25) is 4.79 Å². The van der Waals surface area contributed by atoms with Gasteiger partial charge >= 0.3 is 0 Å². The van der Waals surface area contributed by atoms with Crippen molar-refractivity contribution in [2.75, 3.05) is 13.2 Å². The van der Waals surface area contributed by atoms with E-state index in [2.05, 4.69) is 12.2 Å². The highest BCUT2D eigenvalue weighted by Crippen LogP contribution is 2.12. The van der Waals surface area contributed by atoms with Crippen molar-refractivity contribution in [2.45, 2.75) is 26.3 Å². The van der Waals surface area contributed by atoms with Crippen LogP contribution in [-0.4, -0.2) is 19.1 Å². The van der Waals surface area contributed by atoms with E-state index in [0.717, 1.165) is 25.3 Å². The van der Waals surface area contributed by atoms with Gasteiger partial charge in [-0.05, 0) is 30.7 Å². The molecule has 0 saturated carbocycles. The molecule has 3 N–H and O–H groups in total. The summed E-state index contributed by atoms with van der Waals surface area (Å²) in [6.07, 6.45) is 1.38. The number of nitrogens with two attached hydrogens (primary N) is 1. The van der Waals surface area contributed by atoms with Gasteiger partial charge in [-0.15, -0.1) is 0 Å². The van der Waals surface area contributed by atoms with E-state index in [0.29, 0.717) is 6.61 Å². The van der Waals surface area contributed by atoms with Gasteiger partial charge in [0.1, 0.15) is 5.75 Å². The van der Waals surface area contributed by atoms with Gasteiger partial charge in [0.25, 0.3) is 0 Å². The lowest BCUT2D eigenvalue weighted by Gasteiger charge is -2.06. The van der Waals surface area contributed by atoms with Gasteiger partial charge in [-0.2, -0.15) is 0 Å². The van der Waals surface area contributed by atoms with Gasteiger partial charge in [0.05, 0.1) is 13.0 Å². The van der Waals surface area contributed by atoms with Gasteiger partial charge in [0.2, 0.25) is 5.91 Å². The Bertz CT molecular complexity index is 336. The standard InChI is InChI=1S/C13H20N2O2/c1-2-8-15-10-11-3-5-12(6-4-11)17-9-7-13(14)16/h3-6,15H,2,7-10H2,1H3,(H2,14,16). The molecule has 0 radical (unpaired) electrons. The summed E-state index contributed by atoms with van der Waals surface area (Å²) in [5.74, 6) is 0.427. The van der Waals surface area contributed by atoms with Crippen LogP contribution in [0.25, 0.3) is 0 Å². The van der Waals surface area contributed by atoms with Crippen molar-refractivity contribution < 1.29 is 9.53 Å². The zero-order chi connectivity index (χ0) is 12.5. The topological polar surface area (TPSA) is 64.3 Å². The minimum Gasteiger partial charge on any atom is -0.493 e. The Kier molecular flexibility index (Phi) is 6.10. The fourth-order valence-electron chi connectivity index (χ4n) is 1.38. The highest BCUT2D eigenvalue weighted by molar-refractivity contribution is 5.73. The van der Waals surface area contributed by atoms with Crippen molar-refractivity contribution in [3.05, 3.63) is 29.8 Å². The van der Waals surface area contributed by atoms with E-state index in [1.54, 1.807) is 0 Å². The number of benzene rings is 1. The molecule has 0 atom stereocenters. The van der Waals surface area contributed by atoms with Crippen LogP contribution in [-0.2, 0) is 11.3 Å². The van der Waals surface area contributed by atoms with Crippen molar-refractivity contribution in [2.24, 2.45) is 5.73 Å². The Hall–Kier alpha value is -1.55. The molecule has 0 bridgehead atoms. The first-order chi connectivity index (χ1) is 8.22. The van der Waals surface area contributed by atoms with Crippen molar-refractivity contribution in [1.82, 2.24) is 5.32 Å². The van der Waals surface area contributed by atoms with Gasteiger partial charge < -0.3 is 15.8 Å². The highest BCUT2D eigenvalue weighted by atomic mass is 16.5. The van der Waals surface area contributed by atoms with E-state index in [9.17, 15) is 4.79 Å². The van der Waals surface area contributed by atoms with Crippen LogP contribution in [0.15, 0.2) is 24.3 Å². The molecule has 1 aromatic carbocycles.